The lowest BCUT2D eigenvalue weighted by atomic mass is 9.87. The van der Waals surface area contributed by atoms with Gasteiger partial charge >= 0.3 is 6.03 Å². The summed E-state index contributed by atoms with van der Waals surface area (Å²) in [5.41, 5.74) is 3.18. The first-order chi connectivity index (χ1) is 17.9. The topological polar surface area (TPSA) is 94.7 Å². The number of nitrogens with one attached hydrogen (secondary N) is 2. The Balaban J connectivity index is 1.25. The summed E-state index contributed by atoms with van der Waals surface area (Å²) in [5.74, 6) is 0.132. The predicted octanol–water partition coefficient (Wildman–Crippen LogP) is 5.06. The maximum absolute atomic E-state index is 13.8. The number of aromatic nitrogens is 1. The SMILES string of the molecule is CCOc1ccc(NC(=O)c2ccc(N3C(=O)N4CCc5c([nH]c6ccccc56)C4(C)C3=O)cc2)cc1. The summed E-state index contributed by atoms with van der Waals surface area (Å²) in [6.45, 7) is 4.74. The Morgan fingerprint density at radius 3 is 2.49 bits per heavy atom. The molecule has 2 N–H and O–H groups in total. The van der Waals surface area contributed by atoms with E-state index in [1.807, 2.05) is 31.2 Å². The number of nitrogens with zero attached hydrogens (tertiary/aromatic N) is 2. The van der Waals surface area contributed by atoms with Gasteiger partial charge in [-0.3, -0.25) is 9.59 Å². The second-order valence-corrected chi connectivity index (χ2v) is 9.38. The van der Waals surface area contributed by atoms with Gasteiger partial charge in [-0.25, -0.2) is 9.69 Å². The summed E-state index contributed by atoms with van der Waals surface area (Å²) in [6.07, 6.45) is 0.673. The lowest BCUT2D eigenvalue weighted by Gasteiger charge is -2.35. The van der Waals surface area contributed by atoms with Crippen molar-refractivity contribution in [2.75, 3.05) is 23.4 Å². The Hall–Kier alpha value is -4.59. The zero-order valence-electron chi connectivity index (χ0n) is 20.6. The quantitative estimate of drug-likeness (QED) is 0.379. The molecule has 1 aromatic heterocycles. The van der Waals surface area contributed by atoms with Crippen molar-refractivity contribution in [3.8, 4) is 5.75 Å². The molecule has 37 heavy (non-hydrogen) atoms. The Morgan fingerprint density at radius 2 is 1.76 bits per heavy atom. The number of imide groups is 1. The van der Waals surface area contributed by atoms with Gasteiger partial charge in [0.15, 0.2) is 5.54 Å². The van der Waals surface area contributed by atoms with E-state index in [1.165, 1.54) is 4.90 Å². The predicted molar refractivity (Wildman–Crippen MR) is 141 cm³/mol. The summed E-state index contributed by atoms with van der Waals surface area (Å²) in [6, 6.07) is 21.2. The van der Waals surface area contributed by atoms with Gasteiger partial charge in [-0.1, -0.05) is 18.2 Å². The van der Waals surface area contributed by atoms with Crippen molar-refractivity contribution in [3.63, 3.8) is 0 Å². The first-order valence-electron chi connectivity index (χ1n) is 12.3. The number of hydrogen-bond acceptors (Lipinski definition) is 4. The van der Waals surface area contributed by atoms with Gasteiger partial charge in [0, 0.05) is 28.7 Å². The van der Waals surface area contributed by atoms with Crippen LogP contribution in [-0.2, 0) is 16.8 Å². The summed E-state index contributed by atoms with van der Waals surface area (Å²) in [4.78, 5) is 46.3. The molecule has 186 valence electrons. The number of rotatable bonds is 5. The number of hydrogen-bond donors (Lipinski definition) is 2. The molecule has 2 aliphatic heterocycles. The van der Waals surface area contributed by atoms with E-state index < -0.39 is 5.54 Å². The number of urea groups is 1. The molecule has 3 aromatic carbocycles. The van der Waals surface area contributed by atoms with Crippen molar-refractivity contribution in [1.29, 1.82) is 0 Å². The number of para-hydroxylation sites is 1. The van der Waals surface area contributed by atoms with E-state index in [1.54, 1.807) is 60.4 Å². The number of benzene rings is 3. The van der Waals surface area contributed by atoms with Gasteiger partial charge in [0.1, 0.15) is 5.75 Å². The van der Waals surface area contributed by atoms with Gasteiger partial charge in [-0.05, 0) is 80.4 Å². The molecule has 6 rings (SSSR count). The summed E-state index contributed by atoms with van der Waals surface area (Å²) < 4.78 is 5.43. The second-order valence-electron chi connectivity index (χ2n) is 9.38. The molecule has 4 aromatic rings. The average molecular weight is 495 g/mol. The highest BCUT2D eigenvalue weighted by Gasteiger charge is 2.59. The molecule has 0 aliphatic carbocycles. The number of anilines is 2. The van der Waals surface area contributed by atoms with E-state index in [0.29, 0.717) is 36.5 Å². The Kier molecular flexibility index (Phi) is 5.26. The maximum Gasteiger partial charge on any atom is 0.332 e. The van der Waals surface area contributed by atoms with Crippen LogP contribution in [0, 0.1) is 0 Å². The van der Waals surface area contributed by atoms with Crippen LogP contribution in [-0.4, -0.2) is 40.9 Å². The monoisotopic (exact) mass is 494 g/mol. The van der Waals surface area contributed by atoms with E-state index in [2.05, 4.69) is 10.3 Å². The normalized spacial score (nSPS) is 18.6. The van der Waals surface area contributed by atoms with Crippen LogP contribution in [0.25, 0.3) is 10.9 Å². The number of aromatic amines is 1. The van der Waals surface area contributed by atoms with E-state index in [4.69, 9.17) is 4.74 Å². The van der Waals surface area contributed by atoms with E-state index in [0.717, 1.165) is 27.9 Å². The fourth-order valence-corrected chi connectivity index (χ4v) is 5.39. The zero-order valence-corrected chi connectivity index (χ0v) is 20.6. The molecular weight excluding hydrogens is 468 g/mol. The first kappa shape index (κ1) is 22.8. The third-order valence-corrected chi connectivity index (χ3v) is 7.28. The van der Waals surface area contributed by atoms with Crippen LogP contribution in [0.3, 0.4) is 0 Å². The number of carbonyl (C=O) groups is 3. The summed E-state index contributed by atoms with van der Waals surface area (Å²) in [5, 5.41) is 3.93. The molecule has 4 amide bonds. The average Bonchev–Trinajstić information content (AvgIpc) is 3.39. The number of ether oxygens (including phenoxy) is 1. The second kappa shape index (κ2) is 8.51. The minimum atomic E-state index is -1.12. The highest BCUT2D eigenvalue weighted by molar-refractivity contribution is 6.23. The number of amides is 4. The molecule has 0 spiro atoms. The molecular formula is C29H26N4O4. The van der Waals surface area contributed by atoms with Crippen LogP contribution in [0.4, 0.5) is 16.2 Å². The third kappa shape index (κ3) is 3.48. The van der Waals surface area contributed by atoms with Gasteiger partial charge in [-0.2, -0.15) is 0 Å². The number of carbonyl (C=O) groups excluding carboxylic acids is 3. The molecule has 8 nitrogen and oxygen atoms in total. The van der Waals surface area contributed by atoms with Gasteiger partial charge < -0.3 is 19.9 Å². The minimum Gasteiger partial charge on any atom is -0.494 e. The maximum atomic E-state index is 13.8. The summed E-state index contributed by atoms with van der Waals surface area (Å²) in [7, 11) is 0. The van der Waals surface area contributed by atoms with Gasteiger partial charge in [-0.15, -0.1) is 0 Å². The van der Waals surface area contributed by atoms with Gasteiger partial charge in [0.2, 0.25) is 0 Å². The van der Waals surface area contributed by atoms with Crippen molar-refractivity contribution < 1.29 is 19.1 Å². The van der Waals surface area contributed by atoms with Crippen LogP contribution >= 0.6 is 0 Å². The van der Waals surface area contributed by atoms with Crippen molar-refractivity contribution in [1.82, 2.24) is 9.88 Å². The molecule has 1 saturated heterocycles. The summed E-state index contributed by atoms with van der Waals surface area (Å²) >= 11 is 0. The Labute approximate surface area is 213 Å². The molecule has 0 saturated carbocycles. The molecule has 0 bridgehead atoms. The van der Waals surface area contributed by atoms with Crippen LogP contribution in [0.15, 0.2) is 72.8 Å². The lowest BCUT2D eigenvalue weighted by Crippen LogP contribution is -2.49. The van der Waals surface area contributed by atoms with E-state index >= 15 is 0 Å². The zero-order chi connectivity index (χ0) is 25.7. The van der Waals surface area contributed by atoms with Gasteiger partial charge in [0.05, 0.1) is 18.0 Å². The fourth-order valence-electron chi connectivity index (χ4n) is 5.39. The molecule has 2 aliphatic rings. The smallest absolute Gasteiger partial charge is 0.332 e. The van der Waals surface area contributed by atoms with Crippen molar-refractivity contribution in [2.45, 2.75) is 25.8 Å². The molecule has 3 heterocycles. The first-order valence-corrected chi connectivity index (χ1v) is 12.3. The van der Waals surface area contributed by atoms with Crippen molar-refractivity contribution >= 4 is 40.1 Å². The largest absolute Gasteiger partial charge is 0.494 e. The van der Waals surface area contributed by atoms with E-state index in [-0.39, 0.29) is 17.8 Å². The van der Waals surface area contributed by atoms with Crippen LogP contribution in [0.2, 0.25) is 0 Å². The van der Waals surface area contributed by atoms with Crippen LogP contribution < -0.4 is 15.0 Å². The standard InChI is InChI=1S/C29H26N4O4/c1-3-37-21-14-10-19(11-15-21)30-26(34)18-8-12-20(13-9-18)33-27(35)29(2)25-23(16-17-32(29)28(33)36)22-6-4-5-7-24(22)31-25/h4-15,31H,3,16-17H2,1-2H3,(H,30,34). The van der Waals surface area contributed by atoms with E-state index in [9.17, 15) is 14.4 Å². The van der Waals surface area contributed by atoms with Crippen LogP contribution in [0.1, 0.15) is 35.5 Å². The molecule has 1 fully saturated rings. The van der Waals surface area contributed by atoms with Crippen LogP contribution in [0.5, 0.6) is 5.75 Å². The molecule has 1 unspecified atom stereocenters. The fraction of sp³-hybridized carbons (Fsp3) is 0.207. The van der Waals surface area contributed by atoms with Crippen molar-refractivity contribution in [3.05, 3.63) is 89.6 Å². The third-order valence-electron chi connectivity index (χ3n) is 7.28. The Bertz CT molecular complexity index is 1540. The highest BCUT2D eigenvalue weighted by Crippen LogP contribution is 2.45. The molecule has 0 radical (unpaired) electrons. The highest BCUT2D eigenvalue weighted by atomic mass is 16.5. The Morgan fingerprint density at radius 1 is 1.03 bits per heavy atom. The van der Waals surface area contributed by atoms with Crippen molar-refractivity contribution in [2.24, 2.45) is 0 Å². The molecule has 8 heteroatoms. The lowest BCUT2D eigenvalue weighted by molar-refractivity contribution is -0.125. The minimum absolute atomic E-state index is 0.290. The van der Waals surface area contributed by atoms with Gasteiger partial charge in [0.25, 0.3) is 11.8 Å². The number of fused-ring (bicyclic) bond motifs is 5. The number of H-pyrrole nitrogens is 1. The molecule has 1 atom stereocenters.